The Labute approximate surface area is 124 Å². The van der Waals surface area contributed by atoms with Crippen molar-refractivity contribution in [2.75, 3.05) is 7.11 Å². The summed E-state index contributed by atoms with van der Waals surface area (Å²) in [5.41, 5.74) is -0.572. The summed E-state index contributed by atoms with van der Waals surface area (Å²) in [5.74, 6) is -0.365. The normalized spacial score (nSPS) is 11.1. The molecule has 22 heavy (non-hydrogen) atoms. The second kappa shape index (κ2) is 6.06. The van der Waals surface area contributed by atoms with Crippen LogP contribution in [0.5, 0.6) is 5.75 Å². The van der Waals surface area contributed by atoms with Crippen LogP contribution in [-0.4, -0.2) is 7.11 Å². The highest BCUT2D eigenvalue weighted by atomic mass is 19.4. The number of methoxy groups -OCH3 is 1. The van der Waals surface area contributed by atoms with Gasteiger partial charge in [-0.1, -0.05) is 6.07 Å². The van der Waals surface area contributed by atoms with Crippen molar-refractivity contribution in [3.05, 3.63) is 53.3 Å². The zero-order valence-electron chi connectivity index (χ0n) is 11.5. The molecule has 0 aliphatic rings. The van der Waals surface area contributed by atoms with Crippen molar-refractivity contribution in [3.8, 4) is 22.9 Å². The van der Waals surface area contributed by atoms with Gasteiger partial charge in [0.2, 0.25) is 0 Å². The molecule has 0 amide bonds. The summed E-state index contributed by atoms with van der Waals surface area (Å²) in [6, 6.07) is 8.59. The van der Waals surface area contributed by atoms with Gasteiger partial charge in [0.05, 0.1) is 25.2 Å². The highest BCUT2D eigenvalue weighted by Gasteiger charge is 2.31. The Bertz CT molecular complexity index is 732. The van der Waals surface area contributed by atoms with Crippen LogP contribution in [-0.2, 0) is 12.6 Å². The smallest absolute Gasteiger partial charge is 0.416 e. The first-order chi connectivity index (χ1) is 10.4. The van der Waals surface area contributed by atoms with E-state index in [0.29, 0.717) is 11.3 Å². The number of nitriles is 1. The van der Waals surface area contributed by atoms with E-state index < -0.39 is 17.6 Å². The Morgan fingerprint density at radius 1 is 1.09 bits per heavy atom. The van der Waals surface area contributed by atoms with Gasteiger partial charge in [-0.2, -0.15) is 18.4 Å². The molecule has 0 radical (unpaired) electrons. The third-order valence-electron chi connectivity index (χ3n) is 3.17. The summed E-state index contributed by atoms with van der Waals surface area (Å²) in [6.45, 7) is 0. The van der Waals surface area contributed by atoms with Crippen LogP contribution >= 0.6 is 0 Å². The highest BCUT2D eigenvalue weighted by Crippen LogP contribution is 2.36. The molecule has 0 atom stereocenters. The molecule has 2 nitrogen and oxygen atoms in total. The lowest BCUT2D eigenvalue weighted by Gasteiger charge is -2.14. The molecule has 0 aliphatic heterocycles. The molecule has 0 heterocycles. The van der Waals surface area contributed by atoms with E-state index in [9.17, 15) is 17.6 Å². The summed E-state index contributed by atoms with van der Waals surface area (Å²) in [5, 5.41) is 8.80. The van der Waals surface area contributed by atoms with Crippen LogP contribution < -0.4 is 4.74 Å². The van der Waals surface area contributed by atoms with Crippen LogP contribution in [0.1, 0.15) is 11.1 Å². The van der Waals surface area contributed by atoms with E-state index in [1.807, 2.05) is 6.07 Å². The molecule has 0 bridgehead atoms. The van der Waals surface area contributed by atoms with E-state index in [1.54, 1.807) is 0 Å². The van der Waals surface area contributed by atoms with Crippen molar-refractivity contribution in [1.82, 2.24) is 0 Å². The molecule has 0 unspecified atom stereocenters. The third kappa shape index (κ3) is 3.19. The van der Waals surface area contributed by atoms with Crippen LogP contribution in [0.2, 0.25) is 0 Å². The third-order valence-corrected chi connectivity index (χ3v) is 3.17. The number of rotatable bonds is 3. The monoisotopic (exact) mass is 309 g/mol. The lowest BCUT2D eigenvalue weighted by molar-refractivity contribution is -0.137. The van der Waals surface area contributed by atoms with Crippen molar-refractivity contribution < 1.29 is 22.3 Å². The molecule has 0 N–H and O–H groups in total. The van der Waals surface area contributed by atoms with Crippen molar-refractivity contribution in [1.29, 1.82) is 5.26 Å². The average molecular weight is 309 g/mol. The molecular formula is C16H11F4NO. The molecule has 0 saturated heterocycles. The summed E-state index contributed by atoms with van der Waals surface area (Å²) in [4.78, 5) is 0. The molecule has 0 spiro atoms. The Morgan fingerprint density at radius 3 is 2.41 bits per heavy atom. The second-order valence-corrected chi connectivity index (χ2v) is 4.55. The zero-order valence-corrected chi connectivity index (χ0v) is 11.5. The molecule has 2 aromatic carbocycles. The molecular weight excluding hydrogens is 298 g/mol. The van der Waals surface area contributed by atoms with E-state index >= 15 is 0 Å². The van der Waals surface area contributed by atoms with Gasteiger partial charge in [-0.05, 0) is 41.5 Å². The molecule has 2 aromatic rings. The fraction of sp³-hybridized carbons (Fsp3) is 0.188. The van der Waals surface area contributed by atoms with Gasteiger partial charge < -0.3 is 4.74 Å². The minimum atomic E-state index is -4.55. The quantitative estimate of drug-likeness (QED) is 0.777. The lowest BCUT2D eigenvalue weighted by atomic mass is 9.95. The molecule has 6 heteroatoms. The summed E-state index contributed by atoms with van der Waals surface area (Å²) in [6.07, 6.45) is -4.67. The van der Waals surface area contributed by atoms with Crippen molar-refractivity contribution >= 4 is 0 Å². The van der Waals surface area contributed by atoms with Crippen molar-refractivity contribution in [2.24, 2.45) is 0 Å². The van der Waals surface area contributed by atoms with Gasteiger partial charge in [-0.3, -0.25) is 0 Å². The Hall–Kier alpha value is -2.55. The molecule has 0 aliphatic carbocycles. The fourth-order valence-electron chi connectivity index (χ4n) is 2.08. The first kappa shape index (κ1) is 15.8. The van der Waals surface area contributed by atoms with Gasteiger partial charge in [0, 0.05) is 5.56 Å². The Morgan fingerprint density at radius 2 is 1.82 bits per heavy atom. The van der Waals surface area contributed by atoms with Gasteiger partial charge in [0.15, 0.2) is 0 Å². The van der Waals surface area contributed by atoms with Gasteiger partial charge >= 0.3 is 6.18 Å². The number of hydrogen-bond donors (Lipinski definition) is 0. The Balaban J connectivity index is 2.68. The van der Waals surface area contributed by atoms with E-state index in [0.717, 1.165) is 18.2 Å². The summed E-state index contributed by atoms with van der Waals surface area (Å²) >= 11 is 0. The molecule has 2 rings (SSSR count). The number of benzene rings is 2. The minimum absolute atomic E-state index is 0.0318. The zero-order chi connectivity index (χ0) is 16.3. The number of hydrogen-bond acceptors (Lipinski definition) is 2. The maximum absolute atomic E-state index is 14.0. The minimum Gasteiger partial charge on any atom is -0.497 e. The molecule has 0 aromatic heterocycles. The largest absolute Gasteiger partial charge is 0.497 e. The predicted octanol–water partition coefficient (Wildman–Crippen LogP) is 4.59. The van der Waals surface area contributed by atoms with Crippen LogP contribution in [0.15, 0.2) is 36.4 Å². The second-order valence-electron chi connectivity index (χ2n) is 4.55. The topological polar surface area (TPSA) is 33.0 Å². The molecule has 114 valence electrons. The number of alkyl halides is 3. The number of halogens is 4. The maximum atomic E-state index is 14.0. The van der Waals surface area contributed by atoms with Crippen molar-refractivity contribution in [2.45, 2.75) is 12.6 Å². The van der Waals surface area contributed by atoms with Crippen molar-refractivity contribution in [3.63, 3.8) is 0 Å². The SMILES string of the molecule is COc1ccc(F)c(-c2cc(C(F)(F)F)ccc2CC#N)c1. The van der Waals surface area contributed by atoms with Crippen LogP contribution in [0, 0.1) is 17.1 Å². The predicted molar refractivity (Wildman–Crippen MR) is 72.7 cm³/mol. The van der Waals surface area contributed by atoms with Gasteiger partial charge in [0.1, 0.15) is 11.6 Å². The number of ether oxygens (including phenoxy) is 1. The standard InChI is InChI=1S/C16H11F4NO/c1-22-12-4-5-15(17)14(9-12)13-8-11(16(18,19)20)3-2-10(13)6-7-21/h2-5,8-9H,6H2,1H3. The molecule has 0 saturated carbocycles. The van der Waals surface area contributed by atoms with E-state index in [4.69, 9.17) is 10.00 Å². The average Bonchev–Trinajstić information content (AvgIpc) is 2.47. The van der Waals surface area contributed by atoms with Gasteiger partial charge in [-0.25, -0.2) is 4.39 Å². The Kier molecular flexibility index (Phi) is 4.36. The van der Waals surface area contributed by atoms with E-state index in [2.05, 4.69) is 0 Å². The van der Waals surface area contributed by atoms with Gasteiger partial charge in [-0.15, -0.1) is 0 Å². The maximum Gasteiger partial charge on any atom is 0.416 e. The van der Waals surface area contributed by atoms with E-state index in [1.165, 1.54) is 25.3 Å². The number of nitrogens with zero attached hydrogens (tertiary/aromatic N) is 1. The molecule has 0 fully saturated rings. The first-order valence-electron chi connectivity index (χ1n) is 6.28. The summed E-state index contributed by atoms with van der Waals surface area (Å²) < 4.78 is 57.6. The highest BCUT2D eigenvalue weighted by molar-refractivity contribution is 5.70. The van der Waals surface area contributed by atoms with E-state index in [-0.39, 0.29) is 17.5 Å². The van der Waals surface area contributed by atoms with Crippen LogP contribution in [0.3, 0.4) is 0 Å². The van der Waals surface area contributed by atoms with Gasteiger partial charge in [0.25, 0.3) is 0 Å². The lowest BCUT2D eigenvalue weighted by Crippen LogP contribution is -2.06. The first-order valence-corrected chi connectivity index (χ1v) is 6.28. The summed E-state index contributed by atoms with van der Waals surface area (Å²) in [7, 11) is 1.37. The fourth-order valence-corrected chi connectivity index (χ4v) is 2.08. The van der Waals surface area contributed by atoms with Crippen LogP contribution in [0.4, 0.5) is 17.6 Å². The van der Waals surface area contributed by atoms with Crippen LogP contribution in [0.25, 0.3) is 11.1 Å².